The fraction of sp³-hybridized carbons (Fsp3) is 0.250. The van der Waals surface area contributed by atoms with Crippen molar-refractivity contribution >= 4 is 22.5 Å². The summed E-state index contributed by atoms with van der Waals surface area (Å²) in [4.78, 5) is 33.5. The largest absolute Gasteiger partial charge is 0.325 e. The third kappa shape index (κ3) is 4.57. The number of para-hydroxylation sites is 1. The average Bonchev–Trinajstić information content (AvgIpc) is 2.64. The molecule has 0 aliphatic heterocycles. The average molecular weight is 368 g/mol. The first-order valence-electron chi connectivity index (χ1n) is 8.72. The topological polar surface area (TPSA) is 78.1 Å². The molecule has 0 atom stereocenters. The van der Waals surface area contributed by atoms with Crippen LogP contribution in [0.25, 0.3) is 10.9 Å². The molecule has 2 N–H and O–H groups in total. The molecule has 3 rings (SSSR count). The molecule has 0 aliphatic carbocycles. The molecule has 0 saturated heterocycles. The van der Waals surface area contributed by atoms with Crippen LogP contribution in [0.2, 0.25) is 0 Å². The molecule has 7 heteroatoms. The normalized spacial score (nSPS) is 11.1. The van der Waals surface area contributed by atoms with Gasteiger partial charge in [0.25, 0.3) is 5.56 Å². The van der Waals surface area contributed by atoms with Crippen molar-refractivity contribution in [3.63, 3.8) is 0 Å². The number of fused-ring (bicyclic) bond motifs is 1. The molecule has 0 unspecified atom stereocenters. The Kier molecular flexibility index (Phi) is 5.61. The van der Waals surface area contributed by atoms with E-state index in [1.165, 1.54) is 6.07 Å². The number of amides is 1. The Morgan fingerprint density at radius 1 is 1.26 bits per heavy atom. The molecule has 0 bridgehead atoms. The predicted octanol–water partition coefficient (Wildman–Crippen LogP) is 2.83. The van der Waals surface area contributed by atoms with Gasteiger partial charge in [0.05, 0.1) is 24.0 Å². The molecule has 0 saturated carbocycles. The number of likely N-dealkylation sites (N-methyl/N-ethyl adjacent to an activating group) is 1. The van der Waals surface area contributed by atoms with Gasteiger partial charge >= 0.3 is 0 Å². The molecule has 140 valence electrons. The maximum absolute atomic E-state index is 13.6. The Morgan fingerprint density at radius 2 is 2.04 bits per heavy atom. The van der Waals surface area contributed by atoms with Crippen LogP contribution in [0.1, 0.15) is 18.3 Å². The number of aromatic amines is 1. The van der Waals surface area contributed by atoms with Gasteiger partial charge in [-0.3, -0.25) is 14.5 Å². The Labute approximate surface area is 156 Å². The number of hydrogen-bond acceptors (Lipinski definition) is 4. The highest BCUT2D eigenvalue weighted by atomic mass is 19.1. The molecular weight excluding hydrogens is 347 g/mol. The van der Waals surface area contributed by atoms with Crippen molar-refractivity contribution in [2.75, 3.05) is 18.4 Å². The van der Waals surface area contributed by atoms with Crippen molar-refractivity contribution in [3.8, 4) is 0 Å². The Balaban J connectivity index is 1.69. The highest BCUT2D eigenvalue weighted by Crippen LogP contribution is 2.13. The summed E-state index contributed by atoms with van der Waals surface area (Å²) in [7, 11) is 0. The third-order valence-electron chi connectivity index (χ3n) is 4.31. The summed E-state index contributed by atoms with van der Waals surface area (Å²) in [5, 5.41) is 3.22. The summed E-state index contributed by atoms with van der Waals surface area (Å²) in [6.07, 6.45) is 0. The van der Waals surface area contributed by atoms with Crippen LogP contribution in [-0.4, -0.2) is 33.9 Å². The van der Waals surface area contributed by atoms with Crippen molar-refractivity contribution in [1.82, 2.24) is 14.9 Å². The van der Waals surface area contributed by atoms with Crippen LogP contribution in [0.5, 0.6) is 0 Å². The summed E-state index contributed by atoms with van der Waals surface area (Å²) in [6, 6.07) is 11.7. The standard InChI is InChI=1S/C20H21FN4O2/c1-3-25(12-19(26)22-14-9-8-13(2)16(21)10-14)11-18-23-17-7-5-4-6-15(17)20(27)24-18/h4-10H,3,11-12H2,1-2H3,(H,22,26)(H,23,24,27). The molecule has 0 spiro atoms. The molecule has 1 aromatic heterocycles. The lowest BCUT2D eigenvalue weighted by Gasteiger charge is -2.19. The first-order valence-corrected chi connectivity index (χ1v) is 8.72. The summed E-state index contributed by atoms with van der Waals surface area (Å²) in [6.45, 7) is 4.59. The first kappa shape index (κ1) is 18.7. The quantitative estimate of drug-likeness (QED) is 0.701. The van der Waals surface area contributed by atoms with Crippen molar-refractivity contribution < 1.29 is 9.18 Å². The van der Waals surface area contributed by atoms with Crippen LogP contribution in [0.15, 0.2) is 47.3 Å². The Morgan fingerprint density at radius 3 is 2.78 bits per heavy atom. The van der Waals surface area contributed by atoms with Crippen molar-refractivity contribution in [3.05, 3.63) is 70.0 Å². The minimum atomic E-state index is -0.363. The van der Waals surface area contributed by atoms with Crippen molar-refractivity contribution in [1.29, 1.82) is 0 Å². The van der Waals surface area contributed by atoms with E-state index in [9.17, 15) is 14.0 Å². The van der Waals surface area contributed by atoms with Crippen LogP contribution in [0, 0.1) is 12.7 Å². The smallest absolute Gasteiger partial charge is 0.258 e. The molecule has 0 aliphatic rings. The number of H-pyrrole nitrogens is 1. The van der Waals surface area contributed by atoms with Crippen LogP contribution in [-0.2, 0) is 11.3 Å². The second-order valence-electron chi connectivity index (χ2n) is 6.35. The zero-order chi connectivity index (χ0) is 19.4. The minimum absolute atomic E-state index is 0.0997. The van der Waals surface area contributed by atoms with Crippen LogP contribution in [0.3, 0.4) is 0 Å². The van der Waals surface area contributed by atoms with Gasteiger partial charge in [-0.05, 0) is 43.3 Å². The molecular formula is C20H21FN4O2. The number of carbonyl (C=O) groups is 1. The highest BCUT2D eigenvalue weighted by molar-refractivity contribution is 5.92. The number of hydrogen-bond donors (Lipinski definition) is 2. The monoisotopic (exact) mass is 368 g/mol. The van der Waals surface area contributed by atoms with Crippen molar-refractivity contribution in [2.24, 2.45) is 0 Å². The third-order valence-corrected chi connectivity index (χ3v) is 4.31. The van der Waals surface area contributed by atoms with E-state index in [-0.39, 0.29) is 23.8 Å². The Hall–Kier alpha value is -3.06. The van der Waals surface area contributed by atoms with Gasteiger partial charge in [-0.2, -0.15) is 0 Å². The van der Waals surface area contributed by atoms with E-state index >= 15 is 0 Å². The lowest BCUT2D eigenvalue weighted by atomic mass is 10.2. The number of aromatic nitrogens is 2. The summed E-state index contributed by atoms with van der Waals surface area (Å²) < 4.78 is 13.6. The van der Waals surface area contributed by atoms with Crippen LogP contribution in [0.4, 0.5) is 10.1 Å². The van der Waals surface area contributed by atoms with Crippen molar-refractivity contribution in [2.45, 2.75) is 20.4 Å². The molecule has 27 heavy (non-hydrogen) atoms. The van der Waals surface area contributed by atoms with E-state index in [0.717, 1.165) is 0 Å². The fourth-order valence-corrected chi connectivity index (χ4v) is 2.78. The minimum Gasteiger partial charge on any atom is -0.325 e. The van der Waals surface area contributed by atoms with E-state index in [4.69, 9.17) is 0 Å². The number of aryl methyl sites for hydroxylation is 1. The fourth-order valence-electron chi connectivity index (χ4n) is 2.78. The number of halogens is 1. The molecule has 6 nitrogen and oxygen atoms in total. The number of nitrogens with one attached hydrogen (secondary N) is 2. The summed E-state index contributed by atoms with van der Waals surface area (Å²) >= 11 is 0. The van der Waals surface area contributed by atoms with Gasteiger partial charge in [-0.25, -0.2) is 9.37 Å². The second kappa shape index (κ2) is 8.09. The summed E-state index contributed by atoms with van der Waals surface area (Å²) in [5.74, 6) is -0.129. The maximum Gasteiger partial charge on any atom is 0.258 e. The van der Waals surface area contributed by atoms with Gasteiger partial charge in [0.15, 0.2) is 0 Å². The SMILES string of the molecule is CCN(CC(=O)Nc1ccc(C)c(F)c1)Cc1nc2ccccc2c(=O)[nH]1. The van der Waals surface area contributed by atoms with Gasteiger partial charge in [0.1, 0.15) is 11.6 Å². The lowest BCUT2D eigenvalue weighted by molar-refractivity contribution is -0.117. The van der Waals surface area contributed by atoms with Crippen LogP contribution >= 0.6 is 0 Å². The molecule has 1 heterocycles. The molecule has 0 radical (unpaired) electrons. The van der Waals surface area contributed by atoms with E-state index in [1.807, 2.05) is 17.9 Å². The lowest BCUT2D eigenvalue weighted by Crippen LogP contribution is -2.33. The Bertz CT molecular complexity index is 1030. The van der Waals surface area contributed by atoms with Gasteiger partial charge in [0.2, 0.25) is 5.91 Å². The van der Waals surface area contributed by atoms with Crippen LogP contribution < -0.4 is 10.9 Å². The number of benzene rings is 2. The maximum atomic E-state index is 13.6. The van der Waals surface area contributed by atoms with E-state index in [0.29, 0.717) is 41.1 Å². The van der Waals surface area contributed by atoms with Gasteiger partial charge in [-0.15, -0.1) is 0 Å². The van der Waals surface area contributed by atoms with E-state index in [2.05, 4.69) is 15.3 Å². The molecule has 3 aromatic rings. The zero-order valence-corrected chi connectivity index (χ0v) is 15.3. The highest BCUT2D eigenvalue weighted by Gasteiger charge is 2.13. The predicted molar refractivity (Wildman–Crippen MR) is 103 cm³/mol. The van der Waals surface area contributed by atoms with Gasteiger partial charge < -0.3 is 10.3 Å². The second-order valence-corrected chi connectivity index (χ2v) is 6.35. The number of carbonyl (C=O) groups excluding carboxylic acids is 1. The number of rotatable bonds is 6. The van der Waals surface area contributed by atoms with E-state index < -0.39 is 0 Å². The van der Waals surface area contributed by atoms with Gasteiger partial charge in [0, 0.05) is 5.69 Å². The molecule has 0 fully saturated rings. The van der Waals surface area contributed by atoms with E-state index in [1.54, 1.807) is 37.3 Å². The first-order chi connectivity index (χ1) is 13.0. The summed E-state index contributed by atoms with van der Waals surface area (Å²) in [5.41, 5.74) is 1.35. The number of anilines is 1. The zero-order valence-electron chi connectivity index (χ0n) is 15.3. The molecule has 1 amide bonds. The molecule has 2 aromatic carbocycles. The van der Waals surface area contributed by atoms with Gasteiger partial charge in [-0.1, -0.05) is 25.1 Å². The number of nitrogens with zero attached hydrogens (tertiary/aromatic N) is 2.